The first kappa shape index (κ1) is 30.5. The minimum atomic E-state index is 0.636. The molecular formula is C37H56O. The van der Waals surface area contributed by atoms with E-state index in [0.29, 0.717) is 5.92 Å². The Bertz CT molecular complexity index is 1120. The summed E-state index contributed by atoms with van der Waals surface area (Å²) in [6.45, 7) is 16.6. The number of hydrogen-bond donors (Lipinski definition) is 0. The van der Waals surface area contributed by atoms with Crippen LogP contribution >= 0.6 is 0 Å². The molecule has 0 aliphatic heterocycles. The first-order chi connectivity index (χ1) is 18.4. The van der Waals surface area contributed by atoms with Gasteiger partial charge in [0.15, 0.2) is 0 Å². The number of rotatable bonds is 13. The molecule has 210 valence electrons. The van der Waals surface area contributed by atoms with E-state index in [1.807, 2.05) is 0 Å². The van der Waals surface area contributed by atoms with Crippen LogP contribution in [0.1, 0.15) is 121 Å². The molecule has 1 aliphatic carbocycles. The van der Waals surface area contributed by atoms with Gasteiger partial charge in [-0.25, -0.2) is 0 Å². The van der Waals surface area contributed by atoms with Crippen molar-refractivity contribution in [1.82, 2.24) is 0 Å². The van der Waals surface area contributed by atoms with E-state index in [9.17, 15) is 0 Å². The van der Waals surface area contributed by atoms with E-state index >= 15 is 0 Å². The lowest BCUT2D eigenvalue weighted by Gasteiger charge is -2.29. The van der Waals surface area contributed by atoms with Gasteiger partial charge in [-0.15, -0.1) is 0 Å². The topological polar surface area (TPSA) is 9.23 Å². The summed E-state index contributed by atoms with van der Waals surface area (Å²) in [4.78, 5) is 0. The Balaban J connectivity index is 0.000000279. The number of aryl methyl sites for hydroxylation is 3. The predicted octanol–water partition coefficient (Wildman–Crippen LogP) is 11.9. The van der Waals surface area contributed by atoms with Gasteiger partial charge < -0.3 is 4.74 Å². The first-order valence-corrected chi connectivity index (χ1v) is 16.0. The van der Waals surface area contributed by atoms with Crippen molar-refractivity contribution in [3.8, 4) is 5.75 Å². The molecule has 0 spiro atoms. The monoisotopic (exact) mass is 516 g/mol. The lowest BCUT2D eigenvalue weighted by Crippen LogP contribution is -2.15. The van der Waals surface area contributed by atoms with Crippen LogP contribution in [0.3, 0.4) is 0 Å². The van der Waals surface area contributed by atoms with Gasteiger partial charge in [0, 0.05) is 10.8 Å². The minimum Gasteiger partial charge on any atom is -0.492 e. The van der Waals surface area contributed by atoms with Crippen LogP contribution in [0.2, 0.25) is 0 Å². The standard InChI is InChI=1S/C25H32O.C12H24/c1-6-8-9-20(7-2)16-26-25-22-13-11-17(3)14-23(22)19(5)21-12-10-18(4)15-24(21)25;1-3-5-7-11(4-2)10-12-8-6-9-12/h10-15,20H,6-9,16H2,1-5H3;11-12H,3-10H2,1-2H3. The highest BCUT2D eigenvalue weighted by molar-refractivity contribution is 6.08. The Labute approximate surface area is 234 Å². The van der Waals surface area contributed by atoms with Crippen LogP contribution < -0.4 is 4.74 Å². The maximum Gasteiger partial charge on any atom is 0.134 e. The predicted molar refractivity (Wildman–Crippen MR) is 170 cm³/mol. The Kier molecular flexibility index (Phi) is 12.5. The molecule has 0 saturated heterocycles. The average Bonchev–Trinajstić information content (AvgIpc) is 2.90. The average molecular weight is 517 g/mol. The molecule has 0 radical (unpaired) electrons. The normalized spacial score (nSPS) is 15.1. The molecule has 0 amide bonds. The molecule has 0 bridgehead atoms. The number of unbranched alkanes of at least 4 members (excludes halogenated alkanes) is 2. The second-order valence-electron chi connectivity index (χ2n) is 12.2. The van der Waals surface area contributed by atoms with E-state index in [2.05, 4.69) is 84.9 Å². The molecular weight excluding hydrogens is 460 g/mol. The summed E-state index contributed by atoms with van der Waals surface area (Å²) in [6.07, 6.45) is 16.8. The molecule has 4 rings (SSSR count). The molecule has 2 unspecified atom stereocenters. The molecule has 0 heterocycles. The number of hydrogen-bond acceptors (Lipinski definition) is 1. The second kappa shape index (κ2) is 15.5. The van der Waals surface area contributed by atoms with E-state index in [-0.39, 0.29) is 0 Å². The van der Waals surface area contributed by atoms with Crippen LogP contribution in [0.25, 0.3) is 21.5 Å². The highest BCUT2D eigenvalue weighted by atomic mass is 16.5. The van der Waals surface area contributed by atoms with Crippen molar-refractivity contribution in [3.05, 3.63) is 53.1 Å². The third-order valence-corrected chi connectivity index (χ3v) is 9.09. The molecule has 3 aromatic rings. The van der Waals surface area contributed by atoms with Crippen molar-refractivity contribution in [3.63, 3.8) is 0 Å². The molecule has 38 heavy (non-hydrogen) atoms. The second-order valence-corrected chi connectivity index (χ2v) is 12.2. The molecule has 1 saturated carbocycles. The van der Waals surface area contributed by atoms with Gasteiger partial charge in [-0.1, -0.05) is 133 Å². The highest BCUT2D eigenvalue weighted by Gasteiger charge is 2.20. The van der Waals surface area contributed by atoms with Crippen molar-refractivity contribution >= 4 is 21.5 Å². The third-order valence-electron chi connectivity index (χ3n) is 9.09. The van der Waals surface area contributed by atoms with Gasteiger partial charge in [-0.05, 0) is 73.8 Å². The Hall–Kier alpha value is -2.02. The fourth-order valence-electron chi connectivity index (χ4n) is 6.07. The zero-order chi connectivity index (χ0) is 27.5. The molecule has 3 aromatic carbocycles. The van der Waals surface area contributed by atoms with E-state index in [1.54, 1.807) is 0 Å². The van der Waals surface area contributed by atoms with Crippen LogP contribution in [0.5, 0.6) is 5.75 Å². The summed E-state index contributed by atoms with van der Waals surface area (Å²) in [5.41, 5.74) is 3.93. The van der Waals surface area contributed by atoms with Crippen LogP contribution in [0, 0.1) is 38.5 Å². The lowest BCUT2D eigenvalue weighted by molar-refractivity contribution is 0.236. The molecule has 0 N–H and O–H groups in total. The van der Waals surface area contributed by atoms with Crippen molar-refractivity contribution in [2.75, 3.05) is 6.61 Å². The smallest absolute Gasteiger partial charge is 0.134 e. The summed E-state index contributed by atoms with van der Waals surface area (Å²) in [7, 11) is 0. The molecule has 0 aromatic heterocycles. The molecule has 1 aliphatic rings. The fraction of sp³-hybridized carbons (Fsp3) is 0.622. The summed E-state index contributed by atoms with van der Waals surface area (Å²) >= 11 is 0. The number of fused-ring (bicyclic) bond motifs is 2. The Morgan fingerprint density at radius 2 is 1.29 bits per heavy atom. The maximum atomic E-state index is 6.53. The van der Waals surface area contributed by atoms with Crippen LogP contribution in [0.4, 0.5) is 0 Å². The molecule has 1 nitrogen and oxygen atoms in total. The van der Waals surface area contributed by atoms with Crippen molar-refractivity contribution in [2.45, 2.75) is 126 Å². The van der Waals surface area contributed by atoms with Crippen LogP contribution in [-0.4, -0.2) is 6.61 Å². The minimum absolute atomic E-state index is 0.636. The quantitative estimate of drug-likeness (QED) is 0.205. The fourth-order valence-corrected chi connectivity index (χ4v) is 6.07. The third kappa shape index (κ3) is 8.24. The zero-order valence-electron chi connectivity index (χ0n) is 25.8. The Morgan fingerprint density at radius 3 is 1.84 bits per heavy atom. The maximum absolute atomic E-state index is 6.53. The van der Waals surface area contributed by atoms with Gasteiger partial charge in [0.05, 0.1) is 6.61 Å². The van der Waals surface area contributed by atoms with Crippen LogP contribution in [0.15, 0.2) is 36.4 Å². The highest BCUT2D eigenvalue weighted by Crippen LogP contribution is 2.39. The summed E-state index contributed by atoms with van der Waals surface area (Å²) in [5, 5.41) is 5.13. The van der Waals surface area contributed by atoms with E-state index in [4.69, 9.17) is 4.74 Å². The lowest BCUT2D eigenvalue weighted by atomic mass is 9.77. The summed E-state index contributed by atoms with van der Waals surface area (Å²) in [5.74, 6) is 3.87. The Morgan fingerprint density at radius 1 is 0.711 bits per heavy atom. The van der Waals surface area contributed by atoms with Gasteiger partial charge in [0.1, 0.15) is 5.75 Å². The van der Waals surface area contributed by atoms with Gasteiger partial charge in [-0.3, -0.25) is 0 Å². The van der Waals surface area contributed by atoms with Crippen molar-refractivity contribution < 1.29 is 4.74 Å². The van der Waals surface area contributed by atoms with E-state index in [0.717, 1.165) is 24.2 Å². The first-order valence-electron chi connectivity index (χ1n) is 16.0. The van der Waals surface area contributed by atoms with Crippen molar-refractivity contribution in [2.24, 2.45) is 17.8 Å². The van der Waals surface area contributed by atoms with E-state index in [1.165, 1.54) is 115 Å². The van der Waals surface area contributed by atoms with Gasteiger partial charge in [0.2, 0.25) is 0 Å². The van der Waals surface area contributed by atoms with Crippen molar-refractivity contribution in [1.29, 1.82) is 0 Å². The molecule has 1 fully saturated rings. The van der Waals surface area contributed by atoms with E-state index < -0.39 is 0 Å². The summed E-state index contributed by atoms with van der Waals surface area (Å²) in [6, 6.07) is 13.5. The van der Waals surface area contributed by atoms with Gasteiger partial charge >= 0.3 is 0 Å². The van der Waals surface area contributed by atoms with Gasteiger partial charge in [-0.2, -0.15) is 0 Å². The molecule has 1 heteroatoms. The number of benzene rings is 3. The largest absolute Gasteiger partial charge is 0.492 e. The summed E-state index contributed by atoms with van der Waals surface area (Å²) < 4.78 is 6.53. The molecule has 2 atom stereocenters. The zero-order valence-corrected chi connectivity index (χ0v) is 25.8. The number of ether oxygens (including phenoxy) is 1. The SMILES string of the molecule is CCCCC(CC)CC1CCC1.CCCCC(CC)COc1c2ccc(C)cc2c(C)c2ccc(C)cc12. The van der Waals surface area contributed by atoms with Crippen LogP contribution in [-0.2, 0) is 0 Å². The van der Waals surface area contributed by atoms with Gasteiger partial charge in [0.25, 0.3) is 0 Å².